The van der Waals surface area contributed by atoms with Crippen LogP contribution in [0.15, 0.2) is 59.5 Å². The van der Waals surface area contributed by atoms with Crippen molar-refractivity contribution in [3.05, 3.63) is 65.7 Å². The molecule has 5 heteroatoms. The third kappa shape index (κ3) is 2.78. The molecule has 0 amide bonds. The van der Waals surface area contributed by atoms with Crippen molar-refractivity contribution < 1.29 is 13.2 Å². The topological polar surface area (TPSA) is 51.2 Å². The van der Waals surface area contributed by atoms with Crippen molar-refractivity contribution in [2.24, 2.45) is 0 Å². The van der Waals surface area contributed by atoms with Crippen LogP contribution in [-0.4, -0.2) is 14.2 Å². The lowest BCUT2D eigenvalue weighted by Crippen LogP contribution is -2.02. The highest BCUT2D eigenvalue weighted by molar-refractivity contribution is 8.13. The molecule has 0 heterocycles. The fourth-order valence-electron chi connectivity index (χ4n) is 1.55. The van der Waals surface area contributed by atoms with Gasteiger partial charge >= 0.3 is 0 Å². The Kier molecular flexibility index (Phi) is 3.50. The molecule has 2 aromatic carbocycles. The van der Waals surface area contributed by atoms with Gasteiger partial charge in [0.05, 0.1) is 4.90 Å². The molecule has 3 nitrogen and oxygen atoms in total. The Morgan fingerprint density at radius 3 is 2.11 bits per heavy atom. The van der Waals surface area contributed by atoms with Gasteiger partial charge in [0.2, 0.25) is 0 Å². The van der Waals surface area contributed by atoms with Gasteiger partial charge in [0.25, 0.3) is 9.05 Å². The zero-order chi connectivity index (χ0) is 13.2. The lowest BCUT2D eigenvalue weighted by atomic mass is 10.0. The summed E-state index contributed by atoms with van der Waals surface area (Å²) in [6, 6.07) is 14.3. The molecule has 0 saturated carbocycles. The number of carbonyl (C=O) groups excluding carboxylic acids is 1. The highest BCUT2D eigenvalue weighted by Gasteiger charge is 2.14. The number of halogens is 1. The maximum atomic E-state index is 12.1. The van der Waals surface area contributed by atoms with Gasteiger partial charge in [-0.2, -0.15) is 0 Å². The van der Waals surface area contributed by atoms with Crippen LogP contribution < -0.4 is 0 Å². The Morgan fingerprint density at radius 1 is 0.889 bits per heavy atom. The van der Waals surface area contributed by atoms with E-state index in [0.29, 0.717) is 11.1 Å². The number of hydrogen-bond donors (Lipinski definition) is 0. The van der Waals surface area contributed by atoms with Crippen LogP contribution in [0.4, 0.5) is 0 Å². The molecule has 0 aromatic heterocycles. The van der Waals surface area contributed by atoms with Gasteiger partial charge in [0, 0.05) is 21.8 Å². The van der Waals surface area contributed by atoms with Gasteiger partial charge in [-0.1, -0.05) is 42.5 Å². The predicted molar refractivity (Wildman–Crippen MR) is 69.4 cm³/mol. The number of rotatable bonds is 3. The summed E-state index contributed by atoms with van der Waals surface area (Å²) in [7, 11) is 1.42. The van der Waals surface area contributed by atoms with Crippen molar-refractivity contribution in [2.45, 2.75) is 4.90 Å². The van der Waals surface area contributed by atoms with Crippen LogP contribution >= 0.6 is 10.7 Å². The summed E-state index contributed by atoms with van der Waals surface area (Å²) in [6.45, 7) is 0. The van der Waals surface area contributed by atoms with Crippen molar-refractivity contribution >= 4 is 25.5 Å². The molecule has 2 aromatic rings. The Labute approximate surface area is 109 Å². The molecule has 2 rings (SSSR count). The van der Waals surface area contributed by atoms with E-state index in [4.69, 9.17) is 10.7 Å². The van der Waals surface area contributed by atoms with E-state index in [2.05, 4.69) is 0 Å². The first-order chi connectivity index (χ1) is 8.48. The van der Waals surface area contributed by atoms with E-state index in [9.17, 15) is 13.2 Å². The van der Waals surface area contributed by atoms with Crippen molar-refractivity contribution in [1.82, 2.24) is 0 Å². The monoisotopic (exact) mass is 280 g/mol. The van der Waals surface area contributed by atoms with Gasteiger partial charge in [0.15, 0.2) is 5.78 Å². The zero-order valence-corrected chi connectivity index (χ0v) is 10.8. The van der Waals surface area contributed by atoms with E-state index in [1.807, 2.05) is 0 Å². The van der Waals surface area contributed by atoms with Crippen molar-refractivity contribution in [3.8, 4) is 0 Å². The van der Waals surface area contributed by atoms with E-state index in [1.165, 1.54) is 18.2 Å². The van der Waals surface area contributed by atoms with Gasteiger partial charge in [0.1, 0.15) is 0 Å². The smallest absolute Gasteiger partial charge is 0.261 e. The Bertz CT molecular complexity index is 678. The van der Waals surface area contributed by atoms with Crippen molar-refractivity contribution in [1.29, 1.82) is 0 Å². The number of hydrogen-bond acceptors (Lipinski definition) is 3. The first-order valence-corrected chi connectivity index (χ1v) is 7.44. The highest BCUT2D eigenvalue weighted by Crippen LogP contribution is 2.18. The summed E-state index contributed by atoms with van der Waals surface area (Å²) in [5, 5.41) is 0. The average Bonchev–Trinajstić information content (AvgIpc) is 2.38. The summed E-state index contributed by atoms with van der Waals surface area (Å²) >= 11 is 0. The van der Waals surface area contributed by atoms with Crippen molar-refractivity contribution in [2.75, 3.05) is 0 Å². The minimum absolute atomic E-state index is 0.0778. The van der Waals surface area contributed by atoms with Crippen LogP contribution in [0.1, 0.15) is 15.9 Å². The second-order valence-corrected chi connectivity index (χ2v) is 6.23. The normalized spacial score (nSPS) is 11.2. The number of ketones is 1. The largest absolute Gasteiger partial charge is 0.289 e. The van der Waals surface area contributed by atoms with Gasteiger partial charge in [-0.15, -0.1) is 0 Å². The highest BCUT2D eigenvalue weighted by atomic mass is 35.7. The summed E-state index contributed by atoms with van der Waals surface area (Å²) in [4.78, 5) is 12.0. The number of benzene rings is 2. The quantitative estimate of drug-likeness (QED) is 0.642. The second-order valence-electron chi connectivity index (χ2n) is 3.66. The summed E-state index contributed by atoms with van der Waals surface area (Å²) in [5.41, 5.74) is 0.796. The SMILES string of the molecule is O=C(c1ccccc1)c1cccc(S(=O)(=O)Cl)c1. The Balaban J connectivity index is 2.44. The Hall–Kier alpha value is -1.65. The molecule has 0 bridgehead atoms. The van der Waals surface area contributed by atoms with E-state index >= 15 is 0 Å². The van der Waals surface area contributed by atoms with E-state index in [-0.39, 0.29) is 10.7 Å². The summed E-state index contributed by atoms with van der Waals surface area (Å²) in [5.74, 6) is -0.238. The maximum absolute atomic E-state index is 12.1. The van der Waals surface area contributed by atoms with Gasteiger partial charge < -0.3 is 0 Å². The van der Waals surface area contributed by atoms with Gasteiger partial charge in [-0.25, -0.2) is 8.42 Å². The molecule has 0 spiro atoms. The predicted octanol–water partition coefficient (Wildman–Crippen LogP) is 2.85. The molecular formula is C13H9ClO3S. The van der Waals surface area contributed by atoms with E-state index in [1.54, 1.807) is 36.4 Å². The third-order valence-electron chi connectivity index (χ3n) is 2.41. The molecule has 0 aliphatic heterocycles. The van der Waals surface area contributed by atoms with Crippen LogP contribution in [0.5, 0.6) is 0 Å². The minimum atomic E-state index is -3.82. The minimum Gasteiger partial charge on any atom is -0.289 e. The zero-order valence-electron chi connectivity index (χ0n) is 9.21. The second kappa shape index (κ2) is 4.92. The molecule has 0 fully saturated rings. The number of carbonyl (C=O) groups is 1. The summed E-state index contributed by atoms with van der Waals surface area (Å²) in [6.07, 6.45) is 0. The molecule has 92 valence electrons. The Morgan fingerprint density at radius 2 is 1.50 bits per heavy atom. The lowest BCUT2D eigenvalue weighted by molar-refractivity contribution is 0.103. The first-order valence-electron chi connectivity index (χ1n) is 5.13. The standard InChI is InChI=1S/C13H9ClO3S/c14-18(16,17)12-8-4-7-11(9-12)13(15)10-5-2-1-3-6-10/h1-9H. The molecule has 18 heavy (non-hydrogen) atoms. The van der Waals surface area contributed by atoms with E-state index in [0.717, 1.165) is 0 Å². The molecule has 0 unspecified atom stereocenters. The molecule has 0 atom stereocenters. The fraction of sp³-hybridized carbons (Fsp3) is 0. The first kappa shape index (κ1) is 12.8. The van der Waals surface area contributed by atoms with Crippen LogP contribution in [-0.2, 0) is 9.05 Å². The van der Waals surface area contributed by atoms with Crippen LogP contribution in [0.25, 0.3) is 0 Å². The molecule has 0 radical (unpaired) electrons. The molecule has 0 aliphatic carbocycles. The van der Waals surface area contributed by atoms with Gasteiger partial charge in [-0.05, 0) is 12.1 Å². The van der Waals surface area contributed by atoms with Gasteiger partial charge in [-0.3, -0.25) is 4.79 Å². The molecule has 0 N–H and O–H groups in total. The molecular weight excluding hydrogens is 272 g/mol. The molecule has 0 saturated heterocycles. The average molecular weight is 281 g/mol. The lowest BCUT2D eigenvalue weighted by Gasteiger charge is -2.02. The summed E-state index contributed by atoms with van der Waals surface area (Å²) < 4.78 is 22.4. The fourth-order valence-corrected chi connectivity index (χ4v) is 2.34. The molecule has 0 aliphatic rings. The van der Waals surface area contributed by atoms with E-state index < -0.39 is 9.05 Å². The van der Waals surface area contributed by atoms with Crippen LogP contribution in [0.3, 0.4) is 0 Å². The van der Waals surface area contributed by atoms with Crippen LogP contribution in [0, 0.1) is 0 Å². The third-order valence-corrected chi connectivity index (χ3v) is 3.77. The van der Waals surface area contributed by atoms with Crippen molar-refractivity contribution in [3.63, 3.8) is 0 Å². The maximum Gasteiger partial charge on any atom is 0.261 e. The van der Waals surface area contributed by atoms with Crippen LogP contribution in [0.2, 0.25) is 0 Å².